The minimum Gasteiger partial charge on any atom is -0.465 e. The molecular weight excluding hydrogens is 427 g/mol. The van der Waals surface area contributed by atoms with Crippen molar-refractivity contribution < 1.29 is 18.7 Å². The Labute approximate surface area is 190 Å². The fourth-order valence-electron chi connectivity index (χ4n) is 3.78. The molecule has 1 atom stereocenters. The van der Waals surface area contributed by atoms with E-state index in [-0.39, 0.29) is 11.7 Å². The van der Waals surface area contributed by atoms with Crippen LogP contribution in [0.5, 0.6) is 0 Å². The highest BCUT2D eigenvalue weighted by atomic mass is 32.2. The van der Waals surface area contributed by atoms with Crippen LogP contribution in [0, 0.1) is 12.7 Å². The zero-order valence-corrected chi connectivity index (χ0v) is 18.6. The van der Waals surface area contributed by atoms with E-state index in [9.17, 15) is 14.0 Å². The van der Waals surface area contributed by atoms with Gasteiger partial charge in [-0.1, -0.05) is 24.3 Å². The Morgan fingerprint density at radius 2 is 1.91 bits per heavy atom. The van der Waals surface area contributed by atoms with Gasteiger partial charge in [0.1, 0.15) is 5.82 Å². The zero-order chi connectivity index (χ0) is 22.8. The normalized spacial score (nSPS) is 15.4. The number of carbonyl (C=O) groups excluding carboxylic acids is 2. The second-order valence-corrected chi connectivity index (χ2v) is 8.91. The molecule has 32 heavy (non-hydrogen) atoms. The largest absolute Gasteiger partial charge is 0.465 e. The van der Waals surface area contributed by atoms with E-state index in [1.165, 1.54) is 24.9 Å². The number of esters is 1. The first-order valence-corrected chi connectivity index (χ1v) is 11.0. The summed E-state index contributed by atoms with van der Waals surface area (Å²) in [5.74, 6) is -0.841. The summed E-state index contributed by atoms with van der Waals surface area (Å²) >= 11 is 1.24. The molecule has 1 unspecified atom stereocenters. The molecule has 0 radical (unpaired) electrons. The number of halogens is 1. The fourth-order valence-corrected chi connectivity index (χ4v) is 5.05. The van der Waals surface area contributed by atoms with E-state index >= 15 is 0 Å². The molecule has 0 saturated heterocycles. The van der Waals surface area contributed by atoms with Crippen LogP contribution in [0.15, 0.2) is 65.6 Å². The van der Waals surface area contributed by atoms with Gasteiger partial charge < -0.3 is 15.4 Å². The van der Waals surface area contributed by atoms with Gasteiger partial charge in [-0.3, -0.25) is 4.79 Å². The number of thioether (sulfide) groups is 1. The third kappa shape index (κ3) is 4.34. The standard InChI is InChI=1S/C25H23FN2O3S/c1-15-12-19(27)11-10-18(15)14-28-21-5-3-4-20(26)23(21)32-22(24(28)29)13-16-6-8-17(9-7-16)25(30)31-2/h3-12,22H,13-14,27H2,1-2H3. The molecule has 0 aliphatic carbocycles. The Morgan fingerprint density at radius 1 is 1.16 bits per heavy atom. The Bertz CT molecular complexity index is 1180. The Morgan fingerprint density at radius 3 is 2.59 bits per heavy atom. The predicted octanol–water partition coefficient (Wildman–Crippen LogP) is 4.75. The third-order valence-electron chi connectivity index (χ3n) is 5.53. The van der Waals surface area contributed by atoms with E-state index in [4.69, 9.17) is 10.5 Å². The molecule has 0 aromatic heterocycles. The van der Waals surface area contributed by atoms with E-state index in [1.807, 2.05) is 19.1 Å². The van der Waals surface area contributed by atoms with Crippen molar-refractivity contribution in [2.75, 3.05) is 17.7 Å². The molecule has 5 nitrogen and oxygen atoms in total. The number of nitrogens with zero attached hydrogens (tertiary/aromatic N) is 1. The molecule has 4 rings (SSSR count). The van der Waals surface area contributed by atoms with Gasteiger partial charge >= 0.3 is 5.97 Å². The van der Waals surface area contributed by atoms with Gasteiger partial charge in [-0.2, -0.15) is 0 Å². The maximum absolute atomic E-state index is 14.7. The summed E-state index contributed by atoms with van der Waals surface area (Å²) in [6.45, 7) is 2.28. The van der Waals surface area contributed by atoms with Gasteiger partial charge in [0.25, 0.3) is 0 Å². The number of anilines is 2. The van der Waals surface area contributed by atoms with Crippen molar-refractivity contribution in [3.05, 3.63) is 88.7 Å². The number of nitrogens with two attached hydrogens (primary N) is 1. The lowest BCUT2D eigenvalue weighted by atomic mass is 10.0. The number of hydrogen-bond donors (Lipinski definition) is 1. The van der Waals surface area contributed by atoms with Crippen molar-refractivity contribution >= 4 is 35.0 Å². The van der Waals surface area contributed by atoms with E-state index in [0.29, 0.717) is 34.8 Å². The van der Waals surface area contributed by atoms with Gasteiger partial charge in [-0.15, -0.1) is 11.8 Å². The Kier molecular flexibility index (Phi) is 6.19. The number of ether oxygens (including phenoxy) is 1. The van der Waals surface area contributed by atoms with Gasteiger partial charge in [-0.25, -0.2) is 9.18 Å². The van der Waals surface area contributed by atoms with Gasteiger partial charge in [0.15, 0.2) is 0 Å². The summed E-state index contributed by atoms with van der Waals surface area (Å²) in [5, 5.41) is -0.488. The number of hydrogen-bond acceptors (Lipinski definition) is 5. The molecule has 0 saturated carbocycles. The molecule has 2 N–H and O–H groups in total. The van der Waals surface area contributed by atoms with Gasteiger partial charge in [0.2, 0.25) is 5.91 Å². The minimum atomic E-state index is -0.488. The van der Waals surface area contributed by atoms with Gasteiger partial charge in [-0.05, 0) is 66.4 Å². The summed E-state index contributed by atoms with van der Waals surface area (Å²) in [4.78, 5) is 27.3. The first-order valence-electron chi connectivity index (χ1n) is 10.2. The number of nitrogen functional groups attached to an aromatic ring is 1. The van der Waals surface area contributed by atoms with Crippen LogP contribution in [0.1, 0.15) is 27.0 Å². The van der Waals surface area contributed by atoms with Crippen molar-refractivity contribution in [2.24, 2.45) is 0 Å². The molecule has 7 heteroatoms. The molecular formula is C25H23FN2O3S. The average Bonchev–Trinajstić information content (AvgIpc) is 2.78. The Hall–Kier alpha value is -3.32. The van der Waals surface area contributed by atoms with Crippen LogP contribution in [0.4, 0.5) is 15.8 Å². The minimum absolute atomic E-state index is 0.0821. The number of amides is 1. The second kappa shape index (κ2) is 9.04. The molecule has 1 amide bonds. The molecule has 1 heterocycles. The second-order valence-electron chi connectivity index (χ2n) is 7.70. The topological polar surface area (TPSA) is 72.6 Å². The zero-order valence-electron chi connectivity index (χ0n) is 17.8. The van der Waals surface area contributed by atoms with Crippen LogP contribution in [0.25, 0.3) is 0 Å². The number of benzene rings is 3. The highest BCUT2D eigenvalue weighted by molar-refractivity contribution is 8.01. The Balaban J connectivity index is 1.64. The summed E-state index contributed by atoms with van der Waals surface area (Å²) in [5.41, 5.74) is 10.4. The molecule has 1 aliphatic rings. The molecule has 0 fully saturated rings. The van der Waals surface area contributed by atoms with Gasteiger partial charge in [0, 0.05) is 5.69 Å². The van der Waals surface area contributed by atoms with Crippen LogP contribution in [0.2, 0.25) is 0 Å². The van der Waals surface area contributed by atoms with Crippen molar-refractivity contribution in [2.45, 2.75) is 30.0 Å². The van der Waals surface area contributed by atoms with E-state index in [1.54, 1.807) is 47.4 Å². The van der Waals surface area contributed by atoms with Crippen molar-refractivity contribution in [3.8, 4) is 0 Å². The number of methoxy groups -OCH3 is 1. The number of aryl methyl sites for hydroxylation is 1. The smallest absolute Gasteiger partial charge is 0.337 e. The molecule has 3 aromatic rings. The molecule has 0 spiro atoms. The highest BCUT2D eigenvalue weighted by Crippen LogP contribution is 2.42. The SMILES string of the molecule is COC(=O)c1ccc(CC2Sc3c(F)cccc3N(Cc3ccc(N)cc3C)C2=O)cc1. The molecule has 0 bridgehead atoms. The predicted molar refractivity (Wildman–Crippen MR) is 124 cm³/mol. The average molecular weight is 451 g/mol. The maximum Gasteiger partial charge on any atom is 0.337 e. The highest BCUT2D eigenvalue weighted by Gasteiger charge is 2.35. The maximum atomic E-state index is 14.7. The number of fused-ring (bicyclic) bond motifs is 1. The van der Waals surface area contributed by atoms with Crippen LogP contribution >= 0.6 is 11.8 Å². The van der Waals surface area contributed by atoms with E-state index in [2.05, 4.69) is 0 Å². The van der Waals surface area contributed by atoms with Crippen molar-refractivity contribution in [3.63, 3.8) is 0 Å². The lowest BCUT2D eigenvalue weighted by Crippen LogP contribution is -2.41. The number of rotatable bonds is 5. The number of carbonyl (C=O) groups is 2. The molecule has 3 aromatic carbocycles. The summed E-state index contributed by atoms with van der Waals surface area (Å²) in [7, 11) is 1.33. The van der Waals surface area contributed by atoms with Gasteiger partial charge in [0.05, 0.1) is 35.1 Å². The van der Waals surface area contributed by atoms with Crippen molar-refractivity contribution in [1.29, 1.82) is 0 Å². The summed E-state index contributed by atoms with van der Waals surface area (Å²) in [6.07, 6.45) is 0.413. The third-order valence-corrected chi connectivity index (χ3v) is 6.82. The van der Waals surface area contributed by atoms with Crippen LogP contribution < -0.4 is 10.6 Å². The van der Waals surface area contributed by atoms with Crippen LogP contribution in [0.3, 0.4) is 0 Å². The van der Waals surface area contributed by atoms with Crippen LogP contribution in [-0.2, 0) is 22.5 Å². The van der Waals surface area contributed by atoms with Crippen LogP contribution in [-0.4, -0.2) is 24.2 Å². The fraction of sp³-hybridized carbons (Fsp3) is 0.200. The quantitative estimate of drug-likeness (QED) is 0.449. The first-order chi connectivity index (χ1) is 15.4. The van der Waals surface area contributed by atoms with Crippen molar-refractivity contribution in [1.82, 2.24) is 0 Å². The monoisotopic (exact) mass is 450 g/mol. The van der Waals surface area contributed by atoms with E-state index in [0.717, 1.165) is 16.7 Å². The molecule has 164 valence electrons. The molecule has 1 aliphatic heterocycles. The summed E-state index contributed by atoms with van der Waals surface area (Å²) in [6, 6.07) is 17.3. The lowest BCUT2D eigenvalue weighted by molar-refractivity contribution is -0.118. The summed E-state index contributed by atoms with van der Waals surface area (Å²) < 4.78 is 19.4. The van der Waals surface area contributed by atoms with E-state index < -0.39 is 11.2 Å². The first kappa shape index (κ1) is 21.9. The lowest BCUT2D eigenvalue weighted by Gasteiger charge is -2.34.